The summed E-state index contributed by atoms with van der Waals surface area (Å²) in [6.45, 7) is -0.673. The molecule has 3 nitrogen and oxygen atoms in total. The standard InChI is InChI=1S/C7H10O3/c1-3-5-4(2)6(8)7(9)10-5/h5,8H,3H2,1-2H3/i1D3. The number of esters is 1. The zero-order chi connectivity index (χ0) is 10.2. The molecule has 1 atom stereocenters. The third-order valence-corrected chi connectivity index (χ3v) is 1.48. The second kappa shape index (κ2) is 2.33. The molecule has 0 saturated heterocycles. The number of aliphatic hydroxyl groups excluding tert-OH is 1. The second-order valence-corrected chi connectivity index (χ2v) is 2.13. The molecule has 0 aromatic heterocycles. The molecule has 0 aromatic carbocycles. The van der Waals surface area contributed by atoms with Gasteiger partial charge in [-0.25, -0.2) is 4.79 Å². The van der Waals surface area contributed by atoms with Crippen molar-refractivity contribution >= 4 is 5.97 Å². The largest absolute Gasteiger partial charge is 0.502 e. The van der Waals surface area contributed by atoms with Crippen molar-refractivity contribution in [2.24, 2.45) is 0 Å². The van der Waals surface area contributed by atoms with Crippen LogP contribution < -0.4 is 0 Å². The van der Waals surface area contributed by atoms with Crippen molar-refractivity contribution in [3.8, 4) is 0 Å². The summed E-state index contributed by atoms with van der Waals surface area (Å²) in [6.07, 6.45) is -1.06. The van der Waals surface area contributed by atoms with E-state index < -0.39 is 24.7 Å². The van der Waals surface area contributed by atoms with Crippen molar-refractivity contribution in [1.29, 1.82) is 0 Å². The molecular formula is C7H10O3. The highest BCUT2D eigenvalue weighted by Crippen LogP contribution is 2.21. The molecule has 3 heteroatoms. The van der Waals surface area contributed by atoms with Crippen molar-refractivity contribution in [2.45, 2.75) is 26.3 Å². The molecule has 0 bridgehead atoms. The highest BCUT2D eigenvalue weighted by atomic mass is 16.6. The molecule has 0 spiro atoms. The third kappa shape index (κ3) is 0.875. The summed E-state index contributed by atoms with van der Waals surface area (Å²) >= 11 is 0. The van der Waals surface area contributed by atoms with Gasteiger partial charge >= 0.3 is 5.97 Å². The van der Waals surface area contributed by atoms with E-state index in [4.69, 9.17) is 9.22 Å². The molecule has 1 aliphatic rings. The molecule has 0 aliphatic carbocycles. The predicted molar refractivity (Wildman–Crippen MR) is 35.5 cm³/mol. The van der Waals surface area contributed by atoms with Crippen molar-refractivity contribution in [3.05, 3.63) is 11.3 Å². The fraction of sp³-hybridized carbons (Fsp3) is 0.571. The summed E-state index contributed by atoms with van der Waals surface area (Å²) in [5.41, 5.74) is 0.293. The summed E-state index contributed by atoms with van der Waals surface area (Å²) < 4.78 is 25.5. The highest BCUT2D eigenvalue weighted by molar-refractivity contribution is 5.89. The number of ether oxygens (including phenoxy) is 1. The van der Waals surface area contributed by atoms with E-state index in [0.717, 1.165) is 0 Å². The van der Waals surface area contributed by atoms with Crippen LogP contribution in [0.2, 0.25) is 0 Å². The molecular weight excluding hydrogens is 132 g/mol. The fourth-order valence-electron chi connectivity index (χ4n) is 0.782. The van der Waals surface area contributed by atoms with Crippen LogP contribution in [0.25, 0.3) is 0 Å². The maximum Gasteiger partial charge on any atom is 0.374 e. The van der Waals surface area contributed by atoms with E-state index in [-0.39, 0.29) is 6.42 Å². The minimum absolute atomic E-state index is 0.255. The first kappa shape index (κ1) is 4.01. The van der Waals surface area contributed by atoms with E-state index in [9.17, 15) is 4.79 Å². The quantitative estimate of drug-likeness (QED) is 0.563. The van der Waals surface area contributed by atoms with E-state index in [1.54, 1.807) is 0 Å². The smallest absolute Gasteiger partial charge is 0.374 e. The zero-order valence-electron chi connectivity index (χ0n) is 8.55. The van der Waals surface area contributed by atoms with Gasteiger partial charge < -0.3 is 9.84 Å². The lowest BCUT2D eigenvalue weighted by Crippen LogP contribution is -2.08. The van der Waals surface area contributed by atoms with Crippen LogP contribution in [0.5, 0.6) is 0 Å². The van der Waals surface area contributed by atoms with Crippen molar-refractivity contribution < 1.29 is 18.8 Å². The normalized spacial score (nSPS) is 31.1. The van der Waals surface area contributed by atoms with Crippen molar-refractivity contribution in [1.82, 2.24) is 0 Å². The van der Waals surface area contributed by atoms with Crippen LogP contribution in [0.15, 0.2) is 11.3 Å². The molecule has 0 amide bonds. The number of hydrogen-bond donors (Lipinski definition) is 1. The summed E-state index contributed by atoms with van der Waals surface area (Å²) in [4.78, 5) is 10.8. The zero-order valence-corrected chi connectivity index (χ0v) is 5.55. The Morgan fingerprint density at radius 1 is 1.90 bits per heavy atom. The Kier molecular flexibility index (Phi) is 0.932. The summed E-state index contributed by atoms with van der Waals surface area (Å²) in [6, 6.07) is 0. The first-order chi connectivity index (χ1) is 5.81. The Morgan fingerprint density at radius 2 is 2.60 bits per heavy atom. The Balaban J connectivity index is 2.72. The summed E-state index contributed by atoms with van der Waals surface area (Å²) in [5.74, 6) is -1.30. The number of rotatable bonds is 1. The fourth-order valence-corrected chi connectivity index (χ4v) is 0.782. The van der Waals surface area contributed by atoms with E-state index in [1.165, 1.54) is 6.92 Å². The van der Waals surface area contributed by atoms with Crippen molar-refractivity contribution in [2.75, 3.05) is 0 Å². The van der Waals surface area contributed by atoms with Gasteiger partial charge in [0.05, 0.1) is 0 Å². The lowest BCUT2D eigenvalue weighted by atomic mass is 10.1. The average Bonchev–Trinajstić information content (AvgIpc) is 2.15. The Morgan fingerprint density at radius 3 is 3.00 bits per heavy atom. The van der Waals surface area contributed by atoms with E-state index in [1.807, 2.05) is 0 Å². The Bertz CT molecular complexity index is 267. The van der Waals surface area contributed by atoms with Gasteiger partial charge in [0.15, 0.2) is 0 Å². The van der Waals surface area contributed by atoms with Gasteiger partial charge in [0.2, 0.25) is 5.76 Å². The molecule has 1 heterocycles. The number of cyclic esters (lactones) is 1. The molecule has 0 aromatic rings. The first-order valence-electron chi connectivity index (χ1n) is 4.42. The molecule has 1 aliphatic heterocycles. The van der Waals surface area contributed by atoms with Gasteiger partial charge in [-0.05, 0) is 13.3 Å². The highest BCUT2D eigenvalue weighted by Gasteiger charge is 2.29. The van der Waals surface area contributed by atoms with E-state index in [0.29, 0.717) is 5.57 Å². The second-order valence-electron chi connectivity index (χ2n) is 2.13. The molecule has 1 N–H and O–H groups in total. The van der Waals surface area contributed by atoms with Crippen molar-refractivity contribution in [3.63, 3.8) is 0 Å². The lowest BCUT2D eigenvalue weighted by Gasteiger charge is -2.05. The SMILES string of the molecule is [2H]C([2H])([2H])CC1OC(=O)C(O)=C1C. The van der Waals surface area contributed by atoms with Gasteiger partial charge in [-0.15, -0.1) is 0 Å². The Labute approximate surface area is 63.5 Å². The molecule has 0 radical (unpaired) electrons. The average molecular weight is 145 g/mol. The molecule has 1 unspecified atom stereocenters. The third-order valence-electron chi connectivity index (χ3n) is 1.48. The minimum Gasteiger partial charge on any atom is -0.502 e. The van der Waals surface area contributed by atoms with E-state index >= 15 is 0 Å². The number of hydrogen-bond acceptors (Lipinski definition) is 3. The number of aliphatic hydroxyl groups is 1. The molecule has 1 rings (SSSR count). The first-order valence-corrected chi connectivity index (χ1v) is 2.92. The van der Waals surface area contributed by atoms with Crippen LogP contribution in [0, 0.1) is 0 Å². The minimum atomic E-state index is -2.16. The Hall–Kier alpha value is -0.990. The van der Waals surface area contributed by atoms with E-state index in [2.05, 4.69) is 4.74 Å². The molecule has 10 heavy (non-hydrogen) atoms. The topological polar surface area (TPSA) is 46.5 Å². The van der Waals surface area contributed by atoms with Crippen LogP contribution in [-0.2, 0) is 9.53 Å². The molecule has 0 fully saturated rings. The van der Waals surface area contributed by atoms with Gasteiger partial charge in [0.1, 0.15) is 6.10 Å². The maximum absolute atomic E-state index is 10.8. The number of carbonyl (C=O) groups is 1. The molecule has 0 saturated carbocycles. The van der Waals surface area contributed by atoms with Crippen LogP contribution >= 0.6 is 0 Å². The number of carbonyl (C=O) groups excluding carboxylic acids is 1. The van der Waals surface area contributed by atoms with Gasteiger partial charge in [-0.3, -0.25) is 0 Å². The van der Waals surface area contributed by atoms with Gasteiger partial charge in [0.25, 0.3) is 0 Å². The van der Waals surface area contributed by atoms with Gasteiger partial charge in [0, 0.05) is 9.69 Å². The summed E-state index contributed by atoms with van der Waals surface area (Å²) in [7, 11) is 0. The van der Waals surface area contributed by atoms with Crippen LogP contribution in [0.4, 0.5) is 0 Å². The monoisotopic (exact) mass is 145 g/mol. The lowest BCUT2D eigenvalue weighted by molar-refractivity contribution is -0.142. The van der Waals surface area contributed by atoms with Crippen LogP contribution in [-0.4, -0.2) is 17.2 Å². The molecule has 56 valence electrons. The van der Waals surface area contributed by atoms with Crippen LogP contribution in [0.1, 0.15) is 24.3 Å². The van der Waals surface area contributed by atoms with Gasteiger partial charge in [-0.2, -0.15) is 0 Å². The summed E-state index contributed by atoms with van der Waals surface area (Å²) in [5, 5.41) is 9.05. The van der Waals surface area contributed by atoms with Gasteiger partial charge in [-0.1, -0.05) is 6.85 Å². The maximum atomic E-state index is 10.8. The van der Waals surface area contributed by atoms with Crippen LogP contribution in [0.3, 0.4) is 0 Å². The predicted octanol–water partition coefficient (Wildman–Crippen LogP) is 1.15.